The topological polar surface area (TPSA) is 56.4 Å². The van der Waals surface area contributed by atoms with Crippen LogP contribution in [0.5, 0.6) is 0 Å². The van der Waals surface area contributed by atoms with E-state index in [1.54, 1.807) is 0 Å². The van der Waals surface area contributed by atoms with E-state index in [4.69, 9.17) is 0 Å². The van der Waals surface area contributed by atoms with Gasteiger partial charge in [0.1, 0.15) is 0 Å². The molecule has 0 spiro atoms. The summed E-state index contributed by atoms with van der Waals surface area (Å²) in [4.78, 5) is 0. The quantitative estimate of drug-likeness (QED) is 0.235. The van der Waals surface area contributed by atoms with Crippen molar-refractivity contribution in [2.45, 2.75) is 0 Å². The molecule has 0 aliphatic rings. The highest BCUT2D eigenvalue weighted by Gasteiger charge is 2.28. The standard InChI is InChI=1S/C32H14N4/c33-15-17-9-11-21-25(13-17)36-26-14-18(16-34)10-12-22(26)30-28-20-6-2-4-8-24(20)35-23-7-3-1-5-19(23)27(31(28)35)29(21)32(30)36/h1-14H. The number of hydrogen-bond acceptors (Lipinski definition) is 2. The van der Waals surface area contributed by atoms with Crippen molar-refractivity contribution in [3.63, 3.8) is 0 Å². The van der Waals surface area contributed by atoms with Gasteiger partial charge in [-0.1, -0.05) is 48.5 Å². The van der Waals surface area contributed by atoms with E-state index < -0.39 is 0 Å². The number of hydrogen-bond donors (Lipinski definition) is 0. The fourth-order valence-corrected chi connectivity index (χ4v) is 6.72. The Balaban J connectivity index is 1.78. The first-order chi connectivity index (χ1) is 17.8. The van der Waals surface area contributed by atoms with Crippen LogP contribution >= 0.6 is 0 Å². The molecule has 4 heteroatoms. The lowest BCUT2D eigenvalue weighted by atomic mass is 9.97. The molecule has 9 aromatic rings. The maximum absolute atomic E-state index is 9.70. The molecule has 4 heterocycles. The number of rotatable bonds is 0. The molecule has 4 aromatic heterocycles. The first-order valence-electron chi connectivity index (χ1n) is 11.9. The predicted molar refractivity (Wildman–Crippen MR) is 145 cm³/mol. The highest BCUT2D eigenvalue weighted by Crippen LogP contribution is 2.51. The van der Waals surface area contributed by atoms with Crippen molar-refractivity contribution in [2.75, 3.05) is 0 Å². The van der Waals surface area contributed by atoms with Crippen LogP contribution in [0.2, 0.25) is 0 Å². The van der Waals surface area contributed by atoms with Gasteiger partial charge in [-0.3, -0.25) is 0 Å². The average Bonchev–Trinajstić information content (AvgIpc) is 3.64. The van der Waals surface area contributed by atoms with Gasteiger partial charge in [-0.05, 0) is 36.4 Å². The molecule has 0 amide bonds. The summed E-state index contributed by atoms with van der Waals surface area (Å²) in [6.07, 6.45) is 0. The van der Waals surface area contributed by atoms with Gasteiger partial charge in [-0.15, -0.1) is 0 Å². The minimum Gasteiger partial charge on any atom is -0.308 e. The monoisotopic (exact) mass is 454 g/mol. The largest absolute Gasteiger partial charge is 0.308 e. The van der Waals surface area contributed by atoms with Gasteiger partial charge < -0.3 is 8.80 Å². The first kappa shape index (κ1) is 18.1. The zero-order chi connectivity index (χ0) is 23.7. The van der Waals surface area contributed by atoms with Crippen molar-refractivity contribution < 1.29 is 0 Å². The number of nitrogens with zero attached hydrogens (tertiary/aromatic N) is 4. The lowest BCUT2D eigenvalue weighted by molar-refractivity contribution is 1.36. The molecule has 162 valence electrons. The molecule has 0 saturated heterocycles. The Bertz CT molecular complexity index is 2320. The smallest absolute Gasteiger partial charge is 0.0992 e. The lowest BCUT2D eigenvalue weighted by Gasteiger charge is -2.02. The van der Waals surface area contributed by atoms with Gasteiger partial charge in [0.25, 0.3) is 0 Å². The van der Waals surface area contributed by atoms with Gasteiger partial charge in [-0.2, -0.15) is 10.5 Å². The van der Waals surface area contributed by atoms with Gasteiger partial charge in [0.15, 0.2) is 0 Å². The molecule has 4 nitrogen and oxygen atoms in total. The second kappa shape index (κ2) is 5.84. The van der Waals surface area contributed by atoms with Crippen LogP contribution in [0, 0.1) is 22.7 Å². The van der Waals surface area contributed by atoms with Crippen molar-refractivity contribution in [3.8, 4) is 12.1 Å². The van der Waals surface area contributed by atoms with Gasteiger partial charge in [0.05, 0.1) is 56.4 Å². The number of aromatic nitrogens is 2. The lowest BCUT2D eigenvalue weighted by Crippen LogP contribution is -1.83. The molecule has 0 unspecified atom stereocenters. The van der Waals surface area contributed by atoms with Crippen LogP contribution in [0.3, 0.4) is 0 Å². The molecule has 5 aromatic carbocycles. The van der Waals surface area contributed by atoms with E-state index in [0.29, 0.717) is 11.1 Å². The van der Waals surface area contributed by atoms with Crippen molar-refractivity contribution in [1.82, 2.24) is 8.80 Å². The first-order valence-corrected chi connectivity index (χ1v) is 11.9. The third-order valence-corrected chi connectivity index (χ3v) is 8.00. The van der Waals surface area contributed by atoms with Gasteiger partial charge in [-0.25, -0.2) is 0 Å². The van der Waals surface area contributed by atoms with Gasteiger partial charge in [0.2, 0.25) is 0 Å². The van der Waals surface area contributed by atoms with Crippen LogP contribution in [0.4, 0.5) is 0 Å². The molecule has 9 rings (SSSR count). The number of nitriles is 2. The molecule has 0 fully saturated rings. The Kier molecular flexibility index (Phi) is 2.93. The van der Waals surface area contributed by atoms with Crippen LogP contribution in [-0.2, 0) is 0 Å². The van der Waals surface area contributed by atoms with E-state index >= 15 is 0 Å². The normalized spacial score (nSPS) is 12.4. The van der Waals surface area contributed by atoms with Gasteiger partial charge in [0, 0.05) is 43.1 Å². The molecule has 0 radical (unpaired) electrons. The summed E-state index contributed by atoms with van der Waals surface area (Å²) in [5.74, 6) is 0. The maximum atomic E-state index is 9.70. The summed E-state index contributed by atoms with van der Waals surface area (Å²) in [5.41, 5.74) is 8.06. The predicted octanol–water partition coefficient (Wildman–Crippen LogP) is 7.73. The summed E-state index contributed by atoms with van der Waals surface area (Å²) < 4.78 is 4.69. The fraction of sp³-hybridized carbons (Fsp3) is 0. The van der Waals surface area contributed by atoms with Crippen molar-refractivity contribution in [3.05, 3.63) is 96.1 Å². The van der Waals surface area contributed by atoms with E-state index in [1.165, 1.54) is 48.9 Å². The van der Waals surface area contributed by atoms with Crippen LogP contribution in [0.1, 0.15) is 11.1 Å². The molecule has 0 bridgehead atoms. The molecule has 0 saturated carbocycles. The Labute approximate surface area is 203 Å². The van der Waals surface area contributed by atoms with E-state index in [-0.39, 0.29) is 0 Å². The summed E-state index contributed by atoms with van der Waals surface area (Å²) in [6, 6.07) is 33.9. The number of fused-ring (bicyclic) bond motifs is 14. The Morgan fingerprint density at radius 1 is 0.444 bits per heavy atom. The van der Waals surface area contributed by atoms with Crippen molar-refractivity contribution in [2.24, 2.45) is 0 Å². The Morgan fingerprint density at radius 3 is 1.28 bits per heavy atom. The number of benzene rings is 5. The minimum absolute atomic E-state index is 0.629. The SMILES string of the molecule is N#Cc1ccc2c3c4c5ccccc5n5c6ccccc6c(c6c7ccc(C#N)cc7n(c2c1)c36)c45. The summed E-state index contributed by atoms with van der Waals surface area (Å²) in [5, 5.41) is 29.0. The van der Waals surface area contributed by atoms with E-state index in [9.17, 15) is 10.5 Å². The number of para-hydroxylation sites is 2. The molecular formula is C32H14N4. The maximum Gasteiger partial charge on any atom is 0.0992 e. The third kappa shape index (κ3) is 1.79. The van der Waals surface area contributed by atoms with Crippen LogP contribution < -0.4 is 0 Å². The Hall–Kier alpha value is -5.32. The summed E-state index contributed by atoms with van der Waals surface area (Å²) in [7, 11) is 0. The molecule has 0 aliphatic carbocycles. The van der Waals surface area contributed by atoms with E-state index in [1.807, 2.05) is 24.3 Å². The molecule has 36 heavy (non-hydrogen) atoms. The second-order valence-electron chi connectivity index (χ2n) is 9.59. The molecular weight excluding hydrogens is 440 g/mol. The highest BCUT2D eigenvalue weighted by molar-refractivity contribution is 6.45. The van der Waals surface area contributed by atoms with Crippen LogP contribution in [0.15, 0.2) is 84.9 Å². The van der Waals surface area contributed by atoms with Crippen LogP contribution in [-0.4, -0.2) is 8.80 Å². The summed E-state index contributed by atoms with van der Waals surface area (Å²) in [6.45, 7) is 0. The van der Waals surface area contributed by atoms with Crippen molar-refractivity contribution in [1.29, 1.82) is 10.5 Å². The molecule has 0 N–H and O–H groups in total. The summed E-state index contributed by atoms with van der Waals surface area (Å²) >= 11 is 0. The zero-order valence-electron chi connectivity index (χ0n) is 18.9. The minimum atomic E-state index is 0.629. The fourth-order valence-electron chi connectivity index (χ4n) is 6.72. The average molecular weight is 454 g/mol. The van der Waals surface area contributed by atoms with Crippen LogP contribution in [0.25, 0.3) is 76.2 Å². The van der Waals surface area contributed by atoms with E-state index in [2.05, 4.69) is 81.6 Å². The van der Waals surface area contributed by atoms with E-state index in [0.717, 1.165) is 27.3 Å². The second-order valence-corrected chi connectivity index (χ2v) is 9.59. The third-order valence-electron chi connectivity index (χ3n) is 8.00. The van der Waals surface area contributed by atoms with Gasteiger partial charge >= 0.3 is 0 Å². The highest BCUT2D eigenvalue weighted by atomic mass is 14.9. The van der Waals surface area contributed by atoms with Crippen molar-refractivity contribution >= 4 is 76.2 Å². The Morgan fingerprint density at radius 2 is 0.833 bits per heavy atom. The molecule has 0 atom stereocenters. The molecule has 0 aliphatic heterocycles. The zero-order valence-corrected chi connectivity index (χ0v) is 18.9.